The summed E-state index contributed by atoms with van der Waals surface area (Å²) in [5, 5.41) is 6.90. The van der Waals surface area contributed by atoms with Gasteiger partial charge in [-0.15, -0.1) is 5.10 Å². The van der Waals surface area contributed by atoms with Gasteiger partial charge in [0.1, 0.15) is 4.88 Å². The standard InChI is InChI=1S/C22H24N4O2S/c1-4-20-21(29-25-24-20)22(28)26(14-17-9-6-5-7-10-17)15(2)18-11-8-12-19(13-18)23-16(3)27/h5-13,15H,4,14H2,1-3H3,(H,23,27). The molecule has 1 unspecified atom stereocenters. The second kappa shape index (κ2) is 9.43. The number of amides is 2. The summed E-state index contributed by atoms with van der Waals surface area (Å²) in [7, 11) is 0. The molecule has 0 aliphatic rings. The Kier molecular flexibility index (Phi) is 6.72. The van der Waals surface area contributed by atoms with Crippen LogP contribution >= 0.6 is 11.5 Å². The maximum atomic E-state index is 13.5. The van der Waals surface area contributed by atoms with Crippen molar-refractivity contribution < 1.29 is 9.59 Å². The van der Waals surface area contributed by atoms with Crippen molar-refractivity contribution in [3.8, 4) is 0 Å². The van der Waals surface area contributed by atoms with Gasteiger partial charge in [0.2, 0.25) is 5.91 Å². The van der Waals surface area contributed by atoms with Gasteiger partial charge in [0, 0.05) is 19.2 Å². The number of nitrogens with one attached hydrogen (secondary N) is 1. The Morgan fingerprint density at radius 2 is 1.90 bits per heavy atom. The van der Waals surface area contributed by atoms with Gasteiger partial charge in [-0.3, -0.25) is 9.59 Å². The van der Waals surface area contributed by atoms with Crippen molar-refractivity contribution in [2.75, 3.05) is 5.32 Å². The van der Waals surface area contributed by atoms with Crippen molar-refractivity contribution in [2.45, 2.75) is 39.8 Å². The van der Waals surface area contributed by atoms with Crippen LogP contribution in [0.3, 0.4) is 0 Å². The molecule has 0 bridgehead atoms. The second-order valence-electron chi connectivity index (χ2n) is 6.80. The van der Waals surface area contributed by atoms with Crippen LogP contribution in [0, 0.1) is 0 Å². The van der Waals surface area contributed by atoms with E-state index in [9.17, 15) is 9.59 Å². The number of anilines is 1. The summed E-state index contributed by atoms with van der Waals surface area (Å²) in [6.07, 6.45) is 0.656. The van der Waals surface area contributed by atoms with Crippen LogP contribution in [0.5, 0.6) is 0 Å². The Hall–Kier alpha value is -3.06. The number of nitrogens with zero attached hydrogens (tertiary/aromatic N) is 3. The molecule has 3 aromatic rings. The van der Waals surface area contributed by atoms with Crippen LogP contribution in [0.4, 0.5) is 5.69 Å². The van der Waals surface area contributed by atoms with Crippen molar-refractivity contribution in [2.24, 2.45) is 0 Å². The molecule has 1 heterocycles. The molecule has 0 radical (unpaired) electrons. The minimum Gasteiger partial charge on any atom is -0.327 e. The average molecular weight is 409 g/mol. The second-order valence-corrected chi connectivity index (χ2v) is 7.56. The van der Waals surface area contributed by atoms with Crippen LogP contribution in [-0.4, -0.2) is 26.3 Å². The topological polar surface area (TPSA) is 75.2 Å². The molecule has 0 spiro atoms. The van der Waals surface area contributed by atoms with E-state index in [1.54, 1.807) is 0 Å². The van der Waals surface area contributed by atoms with Crippen molar-refractivity contribution >= 4 is 29.0 Å². The lowest BCUT2D eigenvalue weighted by Crippen LogP contribution is -2.33. The minimum absolute atomic E-state index is 0.0851. The molecular weight excluding hydrogens is 384 g/mol. The summed E-state index contributed by atoms with van der Waals surface area (Å²) in [4.78, 5) is 27.3. The molecule has 0 aliphatic heterocycles. The van der Waals surface area contributed by atoms with Crippen LogP contribution in [0.25, 0.3) is 0 Å². The Labute approximate surface area is 174 Å². The van der Waals surface area contributed by atoms with Gasteiger partial charge in [0.25, 0.3) is 5.91 Å². The lowest BCUT2D eigenvalue weighted by Gasteiger charge is -2.30. The Morgan fingerprint density at radius 3 is 2.59 bits per heavy atom. The van der Waals surface area contributed by atoms with Crippen molar-refractivity contribution in [3.05, 3.63) is 76.3 Å². The van der Waals surface area contributed by atoms with Crippen LogP contribution in [-0.2, 0) is 17.8 Å². The first kappa shape index (κ1) is 20.7. The number of carbonyl (C=O) groups excluding carboxylic acids is 2. The summed E-state index contributed by atoms with van der Waals surface area (Å²) in [6, 6.07) is 17.3. The van der Waals surface area contributed by atoms with Crippen molar-refractivity contribution in [1.29, 1.82) is 0 Å². The van der Waals surface area contributed by atoms with Gasteiger partial charge >= 0.3 is 0 Å². The van der Waals surface area contributed by atoms with E-state index in [-0.39, 0.29) is 17.9 Å². The first-order valence-corrected chi connectivity index (χ1v) is 10.3. The van der Waals surface area contributed by atoms with Crippen LogP contribution in [0.2, 0.25) is 0 Å². The zero-order valence-electron chi connectivity index (χ0n) is 16.8. The number of hydrogen-bond acceptors (Lipinski definition) is 5. The molecule has 2 amide bonds. The monoisotopic (exact) mass is 408 g/mol. The number of aryl methyl sites for hydroxylation is 1. The molecule has 150 valence electrons. The highest BCUT2D eigenvalue weighted by atomic mass is 32.1. The smallest absolute Gasteiger partial charge is 0.268 e. The van der Waals surface area contributed by atoms with E-state index < -0.39 is 0 Å². The maximum absolute atomic E-state index is 13.5. The molecule has 6 nitrogen and oxygen atoms in total. The highest BCUT2D eigenvalue weighted by molar-refractivity contribution is 7.08. The SMILES string of the molecule is CCc1nnsc1C(=O)N(Cc1ccccc1)C(C)c1cccc(NC(C)=O)c1. The summed E-state index contributed by atoms with van der Waals surface area (Å²) < 4.78 is 3.98. The molecule has 2 aromatic carbocycles. The van der Waals surface area contributed by atoms with Gasteiger partial charge in [-0.25, -0.2) is 0 Å². The van der Waals surface area contributed by atoms with Crippen molar-refractivity contribution in [3.63, 3.8) is 0 Å². The highest BCUT2D eigenvalue weighted by Crippen LogP contribution is 2.28. The maximum Gasteiger partial charge on any atom is 0.268 e. The number of carbonyl (C=O) groups is 2. The van der Waals surface area contributed by atoms with Crippen molar-refractivity contribution in [1.82, 2.24) is 14.5 Å². The van der Waals surface area contributed by atoms with E-state index >= 15 is 0 Å². The van der Waals surface area contributed by atoms with E-state index in [2.05, 4.69) is 14.9 Å². The molecule has 3 rings (SSSR count). The summed E-state index contributed by atoms with van der Waals surface area (Å²) in [6.45, 7) is 5.90. The Bertz CT molecular complexity index is 987. The van der Waals surface area contributed by atoms with Gasteiger partial charge in [-0.05, 0) is 48.1 Å². The zero-order valence-corrected chi connectivity index (χ0v) is 17.6. The predicted molar refractivity (Wildman–Crippen MR) is 115 cm³/mol. The van der Waals surface area contributed by atoms with E-state index in [1.807, 2.05) is 73.3 Å². The van der Waals surface area contributed by atoms with Gasteiger partial charge < -0.3 is 10.2 Å². The fourth-order valence-corrected chi connectivity index (χ4v) is 3.86. The lowest BCUT2D eigenvalue weighted by atomic mass is 10.0. The number of rotatable bonds is 7. The Balaban J connectivity index is 1.96. The van der Waals surface area contributed by atoms with Gasteiger partial charge in [-0.2, -0.15) is 0 Å². The third-order valence-corrected chi connectivity index (χ3v) is 5.45. The number of hydrogen-bond donors (Lipinski definition) is 1. The minimum atomic E-state index is -0.205. The highest BCUT2D eigenvalue weighted by Gasteiger charge is 2.27. The summed E-state index contributed by atoms with van der Waals surface area (Å²) in [5.41, 5.74) is 3.41. The van der Waals surface area contributed by atoms with E-state index in [4.69, 9.17) is 0 Å². The fraction of sp³-hybridized carbons (Fsp3) is 0.273. The number of aromatic nitrogens is 2. The molecule has 7 heteroatoms. The first-order valence-electron chi connectivity index (χ1n) is 9.53. The molecular formula is C22H24N4O2S. The molecule has 0 aliphatic carbocycles. The average Bonchev–Trinajstić information content (AvgIpc) is 3.20. The van der Waals surface area contributed by atoms with E-state index in [0.29, 0.717) is 23.5 Å². The summed E-state index contributed by atoms with van der Waals surface area (Å²) in [5.74, 6) is -0.214. The molecule has 1 aromatic heterocycles. The molecule has 29 heavy (non-hydrogen) atoms. The summed E-state index contributed by atoms with van der Waals surface area (Å²) >= 11 is 1.14. The van der Waals surface area contributed by atoms with E-state index in [1.165, 1.54) is 6.92 Å². The van der Waals surface area contributed by atoms with Crippen LogP contribution in [0.1, 0.15) is 53.3 Å². The van der Waals surface area contributed by atoms with Gasteiger partial charge in [0.15, 0.2) is 0 Å². The molecule has 0 fully saturated rings. The zero-order chi connectivity index (χ0) is 20.8. The fourth-order valence-electron chi connectivity index (χ4n) is 3.16. The third-order valence-electron chi connectivity index (χ3n) is 4.70. The van der Waals surface area contributed by atoms with E-state index in [0.717, 1.165) is 28.4 Å². The lowest BCUT2D eigenvalue weighted by molar-refractivity contribution is -0.114. The van der Waals surface area contributed by atoms with Crippen LogP contribution in [0.15, 0.2) is 54.6 Å². The van der Waals surface area contributed by atoms with Crippen LogP contribution < -0.4 is 5.32 Å². The molecule has 1 N–H and O–H groups in total. The molecule has 1 atom stereocenters. The third kappa shape index (κ3) is 5.06. The quantitative estimate of drug-likeness (QED) is 0.626. The van der Waals surface area contributed by atoms with Gasteiger partial charge in [-0.1, -0.05) is 53.9 Å². The normalized spacial score (nSPS) is 11.7. The largest absolute Gasteiger partial charge is 0.327 e. The van der Waals surface area contributed by atoms with Gasteiger partial charge in [0.05, 0.1) is 11.7 Å². The number of benzene rings is 2. The predicted octanol–water partition coefficient (Wildman–Crippen LogP) is 4.46. The molecule has 0 saturated carbocycles. The first-order chi connectivity index (χ1) is 14.0. The Morgan fingerprint density at radius 1 is 1.14 bits per heavy atom. The molecule has 0 saturated heterocycles.